The van der Waals surface area contributed by atoms with Crippen molar-refractivity contribution in [3.05, 3.63) is 29.6 Å². The third-order valence-corrected chi connectivity index (χ3v) is 3.77. The van der Waals surface area contributed by atoms with Gasteiger partial charge in [-0.25, -0.2) is 4.39 Å². The summed E-state index contributed by atoms with van der Waals surface area (Å²) in [6, 6.07) is 5.06. The fourth-order valence-corrected chi connectivity index (χ4v) is 2.91. The highest BCUT2D eigenvalue weighted by molar-refractivity contribution is 5.55. The van der Waals surface area contributed by atoms with Crippen LogP contribution in [0.2, 0.25) is 0 Å². The molecule has 0 radical (unpaired) electrons. The van der Waals surface area contributed by atoms with Crippen molar-refractivity contribution in [3.63, 3.8) is 0 Å². The molecule has 0 bridgehead atoms. The molecule has 100 valence electrons. The number of hydrogen-bond acceptors (Lipinski definition) is 2. The summed E-state index contributed by atoms with van der Waals surface area (Å²) in [6.07, 6.45) is 2.84. The van der Waals surface area contributed by atoms with Crippen LogP contribution in [0, 0.1) is 11.7 Å². The maximum atomic E-state index is 13.8. The van der Waals surface area contributed by atoms with E-state index in [1.807, 2.05) is 6.07 Å². The van der Waals surface area contributed by atoms with Gasteiger partial charge in [-0.05, 0) is 37.8 Å². The minimum atomic E-state index is -0.758. The number of anilines is 1. The Morgan fingerprint density at radius 2 is 2.28 bits per heavy atom. The Balaban J connectivity index is 2.21. The summed E-state index contributed by atoms with van der Waals surface area (Å²) in [5.41, 5.74) is 1.30. The molecule has 1 heterocycles. The topological polar surface area (TPSA) is 23.5 Å². The molecule has 2 unspecified atom stereocenters. The van der Waals surface area contributed by atoms with Crippen LogP contribution in [0.25, 0.3) is 0 Å². The normalized spacial score (nSPS) is 21.3. The Labute approximate surface area is 108 Å². The zero-order valence-corrected chi connectivity index (χ0v) is 11.2. The van der Waals surface area contributed by atoms with Gasteiger partial charge in [0.15, 0.2) is 0 Å². The minimum absolute atomic E-state index is 0.304. The molecule has 1 saturated heterocycles. The Morgan fingerprint density at radius 1 is 1.50 bits per heavy atom. The Morgan fingerprint density at radius 3 is 2.94 bits per heavy atom. The summed E-state index contributed by atoms with van der Waals surface area (Å²) in [6.45, 7) is 5.78. The lowest BCUT2D eigenvalue weighted by atomic mass is 10.0. The molecule has 1 aliphatic rings. The highest BCUT2D eigenvalue weighted by atomic mass is 19.1. The highest BCUT2D eigenvalue weighted by Gasteiger charge is 2.25. The smallest absolute Gasteiger partial charge is 0.131 e. The van der Waals surface area contributed by atoms with Gasteiger partial charge in [-0.1, -0.05) is 19.4 Å². The van der Waals surface area contributed by atoms with Gasteiger partial charge in [0.25, 0.3) is 0 Å². The quantitative estimate of drug-likeness (QED) is 0.885. The van der Waals surface area contributed by atoms with Crippen LogP contribution in [0.1, 0.15) is 44.8 Å². The first kappa shape index (κ1) is 13.3. The van der Waals surface area contributed by atoms with Crippen LogP contribution in [0.3, 0.4) is 0 Å². The predicted molar refractivity (Wildman–Crippen MR) is 72.3 cm³/mol. The highest BCUT2D eigenvalue weighted by Crippen LogP contribution is 2.33. The number of rotatable bonds is 4. The van der Waals surface area contributed by atoms with E-state index < -0.39 is 6.10 Å². The number of aliphatic hydroxyl groups is 1. The van der Waals surface area contributed by atoms with Crippen molar-refractivity contribution in [2.24, 2.45) is 5.92 Å². The van der Waals surface area contributed by atoms with E-state index in [4.69, 9.17) is 0 Å². The molecule has 3 heteroatoms. The lowest BCUT2D eigenvalue weighted by Crippen LogP contribution is -2.22. The Hall–Kier alpha value is -1.09. The van der Waals surface area contributed by atoms with Crippen molar-refractivity contribution >= 4 is 5.69 Å². The second-order valence-corrected chi connectivity index (χ2v) is 5.24. The van der Waals surface area contributed by atoms with E-state index in [1.54, 1.807) is 13.0 Å². The van der Waals surface area contributed by atoms with Gasteiger partial charge in [0.05, 0.1) is 6.10 Å². The molecule has 0 spiro atoms. The van der Waals surface area contributed by atoms with Crippen LogP contribution >= 0.6 is 0 Å². The van der Waals surface area contributed by atoms with Gasteiger partial charge < -0.3 is 10.0 Å². The van der Waals surface area contributed by atoms with E-state index in [1.165, 1.54) is 25.3 Å². The van der Waals surface area contributed by atoms with Crippen molar-refractivity contribution < 1.29 is 9.50 Å². The van der Waals surface area contributed by atoms with Gasteiger partial charge in [-0.2, -0.15) is 0 Å². The Bertz CT molecular complexity index is 405. The average Bonchev–Trinajstić information content (AvgIpc) is 2.77. The third-order valence-electron chi connectivity index (χ3n) is 3.77. The first-order chi connectivity index (χ1) is 8.63. The summed E-state index contributed by atoms with van der Waals surface area (Å²) >= 11 is 0. The molecule has 2 nitrogen and oxygen atoms in total. The lowest BCUT2D eigenvalue weighted by molar-refractivity contribution is 0.194. The van der Waals surface area contributed by atoms with Crippen molar-refractivity contribution in [1.82, 2.24) is 0 Å². The molecule has 1 aromatic rings. The Kier molecular flexibility index (Phi) is 4.23. The SMILES string of the molecule is CCCC1CCN(c2cccc(F)c2C(C)O)C1. The van der Waals surface area contributed by atoms with E-state index in [-0.39, 0.29) is 5.82 Å². The standard InChI is InChI=1S/C15H22FNO/c1-3-5-12-8-9-17(10-12)14-7-4-6-13(16)15(14)11(2)18/h4,6-7,11-12,18H,3,5,8-10H2,1-2H3. The van der Waals surface area contributed by atoms with Gasteiger partial charge in [0.2, 0.25) is 0 Å². The van der Waals surface area contributed by atoms with Gasteiger partial charge in [0, 0.05) is 24.3 Å². The molecule has 2 atom stereocenters. The summed E-state index contributed by atoms with van der Waals surface area (Å²) < 4.78 is 13.8. The number of hydrogen-bond donors (Lipinski definition) is 1. The lowest BCUT2D eigenvalue weighted by Gasteiger charge is -2.23. The number of nitrogens with zero attached hydrogens (tertiary/aromatic N) is 1. The number of benzene rings is 1. The van der Waals surface area contributed by atoms with Crippen LogP contribution in [0.5, 0.6) is 0 Å². The van der Waals surface area contributed by atoms with Gasteiger partial charge in [-0.15, -0.1) is 0 Å². The van der Waals surface area contributed by atoms with Crippen LogP contribution in [-0.2, 0) is 0 Å². The molecule has 1 N–H and O–H groups in total. The molecule has 18 heavy (non-hydrogen) atoms. The van der Waals surface area contributed by atoms with E-state index in [2.05, 4.69) is 11.8 Å². The fourth-order valence-electron chi connectivity index (χ4n) is 2.91. The summed E-state index contributed by atoms with van der Waals surface area (Å²) in [7, 11) is 0. The molecular weight excluding hydrogens is 229 g/mol. The molecule has 0 saturated carbocycles. The van der Waals surface area contributed by atoms with Gasteiger partial charge >= 0.3 is 0 Å². The minimum Gasteiger partial charge on any atom is -0.389 e. The fraction of sp³-hybridized carbons (Fsp3) is 0.600. The number of aliphatic hydroxyl groups excluding tert-OH is 1. The zero-order chi connectivity index (χ0) is 13.1. The first-order valence-electron chi connectivity index (χ1n) is 6.85. The maximum Gasteiger partial charge on any atom is 0.131 e. The third kappa shape index (κ3) is 2.66. The van der Waals surface area contributed by atoms with Crippen LogP contribution in [0.4, 0.5) is 10.1 Å². The molecule has 1 fully saturated rings. The van der Waals surface area contributed by atoms with Crippen LogP contribution < -0.4 is 4.90 Å². The van der Waals surface area contributed by atoms with E-state index >= 15 is 0 Å². The molecule has 1 aliphatic heterocycles. The van der Waals surface area contributed by atoms with E-state index in [0.717, 1.165) is 18.8 Å². The number of halogens is 1. The zero-order valence-electron chi connectivity index (χ0n) is 11.2. The second kappa shape index (κ2) is 5.70. The second-order valence-electron chi connectivity index (χ2n) is 5.24. The van der Waals surface area contributed by atoms with Crippen LogP contribution in [0.15, 0.2) is 18.2 Å². The molecule has 0 aromatic heterocycles. The summed E-state index contributed by atoms with van der Waals surface area (Å²) in [4.78, 5) is 2.21. The van der Waals surface area contributed by atoms with Gasteiger partial charge in [0.1, 0.15) is 5.82 Å². The molecule has 1 aromatic carbocycles. The first-order valence-corrected chi connectivity index (χ1v) is 6.85. The summed E-state index contributed by atoms with van der Waals surface area (Å²) in [5, 5.41) is 9.75. The average molecular weight is 251 g/mol. The predicted octanol–water partition coefficient (Wildman–Crippen LogP) is 3.51. The molecule has 0 aliphatic carbocycles. The maximum absolute atomic E-state index is 13.8. The monoisotopic (exact) mass is 251 g/mol. The molecule has 2 rings (SSSR count). The molecular formula is C15H22FNO. The van der Waals surface area contributed by atoms with Crippen molar-refractivity contribution in [3.8, 4) is 0 Å². The van der Waals surface area contributed by atoms with Crippen molar-refractivity contribution in [2.75, 3.05) is 18.0 Å². The summed E-state index contributed by atoms with van der Waals surface area (Å²) in [5.74, 6) is 0.404. The largest absolute Gasteiger partial charge is 0.389 e. The van der Waals surface area contributed by atoms with E-state index in [0.29, 0.717) is 11.5 Å². The van der Waals surface area contributed by atoms with E-state index in [9.17, 15) is 9.50 Å². The molecule has 0 amide bonds. The van der Waals surface area contributed by atoms with Crippen LogP contribution in [-0.4, -0.2) is 18.2 Å². The van der Waals surface area contributed by atoms with Crippen molar-refractivity contribution in [1.29, 1.82) is 0 Å². The van der Waals surface area contributed by atoms with Gasteiger partial charge in [-0.3, -0.25) is 0 Å². The van der Waals surface area contributed by atoms with Crippen molar-refractivity contribution in [2.45, 2.75) is 39.2 Å².